The molecule has 1 heterocycles. The van der Waals surface area contributed by atoms with E-state index in [0.717, 1.165) is 5.56 Å². The van der Waals surface area contributed by atoms with Gasteiger partial charge in [-0.05, 0) is 17.7 Å². The molecule has 1 aliphatic rings. The van der Waals surface area contributed by atoms with Crippen molar-refractivity contribution < 1.29 is 18.3 Å². The highest BCUT2D eigenvalue weighted by molar-refractivity contribution is 7.89. The Morgan fingerprint density at radius 1 is 1.29 bits per heavy atom. The van der Waals surface area contributed by atoms with Gasteiger partial charge in [0.15, 0.2) is 0 Å². The van der Waals surface area contributed by atoms with E-state index in [1.165, 1.54) is 12.1 Å². The first-order valence-corrected chi connectivity index (χ1v) is 8.19. The van der Waals surface area contributed by atoms with Gasteiger partial charge in [0, 0.05) is 32.6 Å². The van der Waals surface area contributed by atoms with Crippen LogP contribution < -0.4 is 4.72 Å². The van der Waals surface area contributed by atoms with Crippen LogP contribution in [0.2, 0.25) is 0 Å². The molecule has 1 aliphatic heterocycles. The second-order valence-corrected chi connectivity index (χ2v) is 6.91. The highest BCUT2D eigenvalue weighted by Crippen LogP contribution is 2.20. The molecule has 0 saturated carbocycles. The van der Waals surface area contributed by atoms with Crippen LogP contribution in [-0.2, 0) is 21.2 Å². The van der Waals surface area contributed by atoms with Gasteiger partial charge in [0.05, 0.1) is 23.0 Å². The minimum atomic E-state index is -3.66. The summed E-state index contributed by atoms with van der Waals surface area (Å²) in [6.45, 7) is 0.834. The molecule has 0 atom stereocenters. The number of aliphatic hydroxyl groups is 1. The summed E-state index contributed by atoms with van der Waals surface area (Å²) in [5.74, 6) is 0. The first-order chi connectivity index (χ1) is 9.95. The molecule has 1 aromatic rings. The summed E-state index contributed by atoms with van der Waals surface area (Å²) in [5.41, 5.74) is -0.286. The summed E-state index contributed by atoms with van der Waals surface area (Å²) < 4.78 is 31.9. The van der Waals surface area contributed by atoms with Crippen LogP contribution in [0.1, 0.15) is 18.4 Å². The van der Waals surface area contributed by atoms with Crippen LogP contribution >= 0.6 is 0 Å². The summed E-state index contributed by atoms with van der Waals surface area (Å²) in [6, 6.07) is 8.15. The molecule has 1 saturated heterocycles. The van der Waals surface area contributed by atoms with E-state index in [1.807, 2.05) is 6.07 Å². The Labute approximate surface area is 124 Å². The van der Waals surface area contributed by atoms with Crippen molar-refractivity contribution in [2.75, 3.05) is 19.8 Å². The third kappa shape index (κ3) is 4.25. The molecule has 114 valence electrons. The molecule has 2 rings (SSSR count). The minimum absolute atomic E-state index is 0.0291. The number of benzene rings is 1. The van der Waals surface area contributed by atoms with Gasteiger partial charge in [0.25, 0.3) is 0 Å². The smallest absolute Gasteiger partial charge is 0.240 e. The van der Waals surface area contributed by atoms with Crippen LogP contribution in [0.5, 0.6) is 0 Å². The van der Waals surface area contributed by atoms with Crippen molar-refractivity contribution in [3.8, 4) is 6.07 Å². The number of rotatable bonds is 5. The standard InChI is InChI=1S/C14H18N2O4S/c15-8-5-12-1-3-13(4-2-12)21(18,19)16-11-14(17)6-9-20-10-7-14/h1-4,16-17H,5-7,9-11H2. The highest BCUT2D eigenvalue weighted by Gasteiger charge is 2.31. The minimum Gasteiger partial charge on any atom is -0.388 e. The molecule has 0 bridgehead atoms. The monoisotopic (exact) mass is 310 g/mol. The molecule has 7 heteroatoms. The zero-order valence-electron chi connectivity index (χ0n) is 11.6. The number of hydrogen-bond donors (Lipinski definition) is 2. The molecule has 2 N–H and O–H groups in total. The molecule has 0 aromatic heterocycles. The molecule has 0 radical (unpaired) electrons. The summed E-state index contributed by atoms with van der Waals surface area (Å²) in [7, 11) is -3.66. The topological polar surface area (TPSA) is 99.4 Å². The summed E-state index contributed by atoms with van der Waals surface area (Å²) in [5, 5.41) is 18.8. The van der Waals surface area contributed by atoms with Gasteiger partial charge in [-0.2, -0.15) is 5.26 Å². The lowest BCUT2D eigenvalue weighted by Gasteiger charge is -2.31. The van der Waals surface area contributed by atoms with E-state index >= 15 is 0 Å². The summed E-state index contributed by atoms with van der Waals surface area (Å²) >= 11 is 0. The van der Waals surface area contributed by atoms with Gasteiger partial charge in [-0.1, -0.05) is 12.1 Å². The Hall–Kier alpha value is -1.46. The van der Waals surface area contributed by atoms with E-state index in [2.05, 4.69) is 4.72 Å². The number of sulfonamides is 1. The number of ether oxygens (including phenoxy) is 1. The van der Waals surface area contributed by atoms with Gasteiger partial charge in [-0.25, -0.2) is 13.1 Å². The molecule has 0 amide bonds. The number of hydrogen-bond acceptors (Lipinski definition) is 5. The second kappa shape index (κ2) is 6.54. The van der Waals surface area contributed by atoms with Crippen molar-refractivity contribution in [3.05, 3.63) is 29.8 Å². The predicted molar refractivity (Wildman–Crippen MR) is 76.0 cm³/mol. The van der Waals surface area contributed by atoms with Gasteiger partial charge in [-0.3, -0.25) is 0 Å². The first kappa shape index (κ1) is 15.9. The first-order valence-electron chi connectivity index (χ1n) is 6.71. The van der Waals surface area contributed by atoms with Gasteiger partial charge < -0.3 is 9.84 Å². The van der Waals surface area contributed by atoms with Gasteiger partial charge in [-0.15, -0.1) is 0 Å². The van der Waals surface area contributed by atoms with Gasteiger partial charge >= 0.3 is 0 Å². The van der Waals surface area contributed by atoms with Crippen molar-refractivity contribution >= 4 is 10.0 Å². The molecule has 0 unspecified atom stereocenters. The zero-order chi connectivity index (χ0) is 15.3. The third-order valence-electron chi connectivity index (χ3n) is 3.53. The lowest BCUT2D eigenvalue weighted by molar-refractivity contribution is -0.0588. The maximum Gasteiger partial charge on any atom is 0.240 e. The fourth-order valence-electron chi connectivity index (χ4n) is 2.12. The number of nitrogens with zero attached hydrogens (tertiary/aromatic N) is 1. The summed E-state index contributed by atoms with van der Waals surface area (Å²) in [4.78, 5) is 0.125. The average molecular weight is 310 g/mol. The Morgan fingerprint density at radius 2 is 1.90 bits per heavy atom. The number of nitriles is 1. The fourth-order valence-corrected chi connectivity index (χ4v) is 3.24. The molecular weight excluding hydrogens is 292 g/mol. The van der Waals surface area contributed by atoms with Crippen molar-refractivity contribution in [3.63, 3.8) is 0 Å². The fraction of sp³-hybridized carbons (Fsp3) is 0.500. The van der Waals surface area contributed by atoms with E-state index in [1.54, 1.807) is 12.1 Å². The largest absolute Gasteiger partial charge is 0.388 e. The Morgan fingerprint density at radius 3 is 2.48 bits per heavy atom. The van der Waals surface area contributed by atoms with E-state index < -0.39 is 15.6 Å². The van der Waals surface area contributed by atoms with Crippen LogP contribution in [0.15, 0.2) is 29.2 Å². The van der Waals surface area contributed by atoms with E-state index in [0.29, 0.717) is 26.1 Å². The quantitative estimate of drug-likeness (QED) is 0.828. The maximum atomic E-state index is 12.2. The lowest BCUT2D eigenvalue weighted by Crippen LogP contribution is -2.46. The average Bonchev–Trinajstić information content (AvgIpc) is 2.47. The van der Waals surface area contributed by atoms with Crippen LogP contribution in [0.25, 0.3) is 0 Å². The zero-order valence-corrected chi connectivity index (χ0v) is 12.4. The van der Waals surface area contributed by atoms with Gasteiger partial charge in [0.1, 0.15) is 0 Å². The van der Waals surface area contributed by atoms with E-state index in [-0.39, 0.29) is 17.9 Å². The summed E-state index contributed by atoms with van der Waals surface area (Å²) in [6.07, 6.45) is 1.07. The Balaban J connectivity index is 2.02. The number of nitrogens with one attached hydrogen (secondary N) is 1. The van der Waals surface area contributed by atoms with E-state index in [9.17, 15) is 13.5 Å². The van der Waals surface area contributed by atoms with Crippen LogP contribution in [-0.4, -0.2) is 38.9 Å². The molecule has 0 aliphatic carbocycles. The molecular formula is C14H18N2O4S. The second-order valence-electron chi connectivity index (χ2n) is 5.14. The molecule has 1 aromatic carbocycles. The SMILES string of the molecule is N#CCc1ccc(S(=O)(=O)NCC2(O)CCOCC2)cc1. The van der Waals surface area contributed by atoms with Gasteiger partial charge in [0.2, 0.25) is 10.0 Å². The third-order valence-corrected chi connectivity index (χ3v) is 4.95. The molecule has 0 spiro atoms. The Kier molecular flexibility index (Phi) is 4.96. The van der Waals surface area contributed by atoms with Crippen LogP contribution in [0.3, 0.4) is 0 Å². The normalized spacial score (nSPS) is 18.1. The van der Waals surface area contributed by atoms with Crippen LogP contribution in [0, 0.1) is 11.3 Å². The van der Waals surface area contributed by atoms with Crippen molar-refractivity contribution in [2.24, 2.45) is 0 Å². The van der Waals surface area contributed by atoms with Crippen LogP contribution in [0.4, 0.5) is 0 Å². The molecule has 1 fully saturated rings. The molecule has 21 heavy (non-hydrogen) atoms. The van der Waals surface area contributed by atoms with E-state index in [4.69, 9.17) is 10.00 Å². The predicted octanol–water partition coefficient (Wildman–Crippen LogP) is 0.572. The maximum absolute atomic E-state index is 12.2. The Bertz CT molecular complexity index is 613. The highest BCUT2D eigenvalue weighted by atomic mass is 32.2. The van der Waals surface area contributed by atoms with Crippen molar-refractivity contribution in [1.82, 2.24) is 4.72 Å². The molecule has 6 nitrogen and oxygen atoms in total. The lowest BCUT2D eigenvalue weighted by atomic mass is 9.95. The van der Waals surface area contributed by atoms with Crippen molar-refractivity contribution in [2.45, 2.75) is 29.8 Å². The van der Waals surface area contributed by atoms with Crippen molar-refractivity contribution in [1.29, 1.82) is 5.26 Å².